The fourth-order valence-electron chi connectivity index (χ4n) is 3.85. The summed E-state index contributed by atoms with van der Waals surface area (Å²) in [6.07, 6.45) is 1.72. The van der Waals surface area contributed by atoms with Crippen LogP contribution in [-0.2, 0) is 6.54 Å². The van der Waals surface area contributed by atoms with E-state index >= 15 is 0 Å². The van der Waals surface area contributed by atoms with Crippen LogP contribution in [0.15, 0.2) is 35.3 Å². The number of guanidine groups is 1. The molecule has 0 aliphatic carbocycles. The normalized spacial score (nSPS) is 22.4. The van der Waals surface area contributed by atoms with Crippen molar-refractivity contribution in [1.29, 1.82) is 0 Å². The zero-order valence-electron chi connectivity index (χ0n) is 16.7. The van der Waals surface area contributed by atoms with Gasteiger partial charge in [0, 0.05) is 65.4 Å². The Bertz CT molecular complexity index is 571. The van der Waals surface area contributed by atoms with Gasteiger partial charge in [0.25, 0.3) is 0 Å². The van der Waals surface area contributed by atoms with Gasteiger partial charge in [0.1, 0.15) is 0 Å². The fraction of sp³-hybridized carbons (Fsp3) is 0.667. The molecular formula is C21H35N5O. The standard InChI is InChI=1S/C21H35N5O/c1-2-22-21(26-12-9-20(27)18-26)23-10-6-11-24-13-15-25(16-14-24)17-19-7-4-3-5-8-19/h3-5,7-8,20,27H,2,6,9-18H2,1H3,(H,22,23)/t20-/m1/s1. The molecule has 0 saturated carbocycles. The predicted octanol–water partition coefficient (Wildman–Crippen LogP) is 1.23. The molecule has 6 heteroatoms. The molecule has 2 heterocycles. The monoisotopic (exact) mass is 373 g/mol. The maximum atomic E-state index is 9.74. The molecule has 0 radical (unpaired) electrons. The van der Waals surface area contributed by atoms with Gasteiger partial charge in [-0.2, -0.15) is 0 Å². The van der Waals surface area contributed by atoms with Gasteiger partial charge in [-0.05, 0) is 25.3 Å². The summed E-state index contributed by atoms with van der Waals surface area (Å²) < 4.78 is 0. The van der Waals surface area contributed by atoms with E-state index in [0.717, 1.165) is 77.7 Å². The molecule has 1 aromatic rings. The molecule has 0 spiro atoms. The summed E-state index contributed by atoms with van der Waals surface area (Å²) in [6.45, 7) is 12.2. The molecule has 2 saturated heterocycles. The first-order chi connectivity index (χ1) is 13.2. The van der Waals surface area contributed by atoms with Crippen LogP contribution in [0.25, 0.3) is 0 Å². The summed E-state index contributed by atoms with van der Waals surface area (Å²) in [7, 11) is 0. The van der Waals surface area contributed by atoms with Crippen LogP contribution in [0.4, 0.5) is 0 Å². The van der Waals surface area contributed by atoms with Crippen molar-refractivity contribution >= 4 is 5.96 Å². The van der Waals surface area contributed by atoms with E-state index in [0.29, 0.717) is 6.54 Å². The van der Waals surface area contributed by atoms with Crippen molar-refractivity contribution in [1.82, 2.24) is 20.0 Å². The molecule has 6 nitrogen and oxygen atoms in total. The number of piperazine rings is 1. The maximum Gasteiger partial charge on any atom is 0.194 e. The number of aliphatic imine (C=N–C) groups is 1. The number of nitrogens with one attached hydrogen (secondary N) is 1. The van der Waals surface area contributed by atoms with Crippen LogP contribution in [0.5, 0.6) is 0 Å². The molecule has 2 aliphatic heterocycles. The molecule has 3 rings (SSSR count). The summed E-state index contributed by atoms with van der Waals surface area (Å²) in [5.41, 5.74) is 1.41. The number of β-amino-alcohol motifs (C(OH)–C–C–N with tert-alkyl or cyclic N) is 1. The molecule has 2 N–H and O–H groups in total. The van der Waals surface area contributed by atoms with Gasteiger partial charge in [-0.3, -0.25) is 9.89 Å². The Morgan fingerprint density at radius 2 is 1.85 bits per heavy atom. The molecule has 0 amide bonds. The van der Waals surface area contributed by atoms with Crippen LogP contribution in [0.1, 0.15) is 25.3 Å². The number of hydrogen-bond acceptors (Lipinski definition) is 4. The highest BCUT2D eigenvalue weighted by Gasteiger charge is 2.22. The molecule has 0 bridgehead atoms. The Kier molecular flexibility index (Phi) is 7.93. The molecule has 0 unspecified atom stereocenters. The highest BCUT2D eigenvalue weighted by atomic mass is 16.3. The molecule has 0 aromatic heterocycles. The quantitative estimate of drug-likeness (QED) is 0.428. The topological polar surface area (TPSA) is 54.3 Å². The van der Waals surface area contributed by atoms with Crippen LogP contribution in [0.3, 0.4) is 0 Å². The lowest BCUT2D eigenvalue weighted by atomic mass is 10.2. The SMILES string of the molecule is CCNC(=NCCCN1CCN(Cc2ccccc2)CC1)N1CC[C@@H](O)C1. The Balaban J connectivity index is 1.34. The van der Waals surface area contributed by atoms with E-state index in [-0.39, 0.29) is 6.10 Å². The summed E-state index contributed by atoms with van der Waals surface area (Å²) in [5.74, 6) is 0.960. The van der Waals surface area contributed by atoms with Crippen LogP contribution >= 0.6 is 0 Å². The number of hydrogen-bond donors (Lipinski definition) is 2. The zero-order chi connectivity index (χ0) is 18.9. The van der Waals surface area contributed by atoms with Gasteiger partial charge in [0.15, 0.2) is 5.96 Å². The Hall–Kier alpha value is -1.63. The lowest BCUT2D eigenvalue weighted by Gasteiger charge is -2.34. The average Bonchev–Trinajstić information content (AvgIpc) is 3.12. The van der Waals surface area contributed by atoms with Gasteiger partial charge in [-0.25, -0.2) is 0 Å². The summed E-state index contributed by atoms with van der Waals surface area (Å²) in [4.78, 5) is 12.1. The Morgan fingerprint density at radius 3 is 2.52 bits per heavy atom. The van der Waals surface area contributed by atoms with E-state index in [2.05, 4.69) is 57.3 Å². The van der Waals surface area contributed by atoms with Crippen molar-refractivity contribution in [2.45, 2.75) is 32.4 Å². The third-order valence-corrected chi connectivity index (χ3v) is 5.41. The maximum absolute atomic E-state index is 9.74. The molecule has 2 fully saturated rings. The fourth-order valence-corrected chi connectivity index (χ4v) is 3.85. The van der Waals surface area contributed by atoms with Gasteiger partial charge in [0.05, 0.1) is 6.10 Å². The lowest BCUT2D eigenvalue weighted by Crippen LogP contribution is -2.46. The number of aliphatic hydroxyl groups excluding tert-OH is 1. The van der Waals surface area contributed by atoms with Gasteiger partial charge in [0.2, 0.25) is 0 Å². The number of rotatable bonds is 7. The van der Waals surface area contributed by atoms with Crippen LogP contribution in [0, 0.1) is 0 Å². The molecular weight excluding hydrogens is 338 g/mol. The second kappa shape index (κ2) is 10.6. The Labute approximate surface area is 163 Å². The predicted molar refractivity (Wildman–Crippen MR) is 111 cm³/mol. The number of benzene rings is 1. The van der Waals surface area contributed by atoms with E-state index in [1.54, 1.807) is 0 Å². The van der Waals surface area contributed by atoms with Gasteiger partial charge in [-0.15, -0.1) is 0 Å². The lowest BCUT2D eigenvalue weighted by molar-refractivity contribution is 0.127. The van der Waals surface area contributed by atoms with Crippen molar-refractivity contribution in [3.63, 3.8) is 0 Å². The van der Waals surface area contributed by atoms with E-state index in [1.165, 1.54) is 5.56 Å². The van der Waals surface area contributed by atoms with Crippen LogP contribution in [0.2, 0.25) is 0 Å². The smallest absolute Gasteiger partial charge is 0.194 e. The van der Waals surface area contributed by atoms with Crippen LogP contribution < -0.4 is 5.32 Å². The third-order valence-electron chi connectivity index (χ3n) is 5.41. The van der Waals surface area contributed by atoms with Crippen molar-refractivity contribution < 1.29 is 5.11 Å². The van der Waals surface area contributed by atoms with Crippen molar-refractivity contribution in [3.05, 3.63) is 35.9 Å². The first kappa shape index (κ1) is 20.1. The molecule has 27 heavy (non-hydrogen) atoms. The second-order valence-corrected chi connectivity index (χ2v) is 7.58. The first-order valence-corrected chi connectivity index (χ1v) is 10.4. The molecule has 1 aromatic carbocycles. The number of aliphatic hydroxyl groups is 1. The van der Waals surface area contributed by atoms with E-state index in [9.17, 15) is 5.11 Å². The van der Waals surface area contributed by atoms with Crippen molar-refractivity contribution in [3.8, 4) is 0 Å². The van der Waals surface area contributed by atoms with Gasteiger partial charge >= 0.3 is 0 Å². The number of likely N-dealkylation sites (tertiary alicyclic amines) is 1. The summed E-state index contributed by atoms with van der Waals surface area (Å²) in [6, 6.07) is 10.8. The largest absolute Gasteiger partial charge is 0.391 e. The summed E-state index contributed by atoms with van der Waals surface area (Å²) >= 11 is 0. The molecule has 2 aliphatic rings. The van der Waals surface area contributed by atoms with Crippen molar-refractivity contribution in [2.24, 2.45) is 4.99 Å². The van der Waals surface area contributed by atoms with Gasteiger partial charge in [-0.1, -0.05) is 30.3 Å². The van der Waals surface area contributed by atoms with Gasteiger partial charge < -0.3 is 20.2 Å². The minimum atomic E-state index is -0.207. The minimum Gasteiger partial charge on any atom is -0.391 e. The Morgan fingerprint density at radius 1 is 1.11 bits per heavy atom. The van der Waals surface area contributed by atoms with E-state index < -0.39 is 0 Å². The molecule has 1 atom stereocenters. The first-order valence-electron chi connectivity index (χ1n) is 10.4. The minimum absolute atomic E-state index is 0.207. The summed E-state index contributed by atoms with van der Waals surface area (Å²) in [5, 5.41) is 13.1. The third kappa shape index (κ3) is 6.48. The van der Waals surface area contributed by atoms with E-state index in [1.807, 2.05) is 0 Å². The van der Waals surface area contributed by atoms with Crippen LogP contribution in [-0.4, -0.2) is 90.8 Å². The zero-order valence-corrected chi connectivity index (χ0v) is 16.7. The molecule has 150 valence electrons. The second-order valence-electron chi connectivity index (χ2n) is 7.58. The highest BCUT2D eigenvalue weighted by molar-refractivity contribution is 5.80. The average molecular weight is 374 g/mol. The van der Waals surface area contributed by atoms with Crippen molar-refractivity contribution in [2.75, 3.05) is 58.9 Å². The highest BCUT2D eigenvalue weighted by Crippen LogP contribution is 2.10. The number of nitrogens with zero attached hydrogens (tertiary/aromatic N) is 4. The van der Waals surface area contributed by atoms with E-state index in [4.69, 9.17) is 4.99 Å².